The number of aliphatic hydroxyl groups is 3. The van der Waals surface area contributed by atoms with Crippen LogP contribution in [0.4, 0.5) is 0 Å². The summed E-state index contributed by atoms with van der Waals surface area (Å²) < 4.78 is 0. The summed E-state index contributed by atoms with van der Waals surface area (Å²) in [6, 6.07) is 3.22. The molecule has 4 rings (SSSR count). The minimum absolute atomic E-state index is 0.103. The van der Waals surface area contributed by atoms with Gasteiger partial charge in [-0.3, -0.25) is 14.4 Å². The molecule has 30 heavy (non-hydrogen) atoms. The van der Waals surface area contributed by atoms with E-state index in [0.717, 1.165) is 5.56 Å². The molecule has 1 amide bonds. The number of ketones is 2. The van der Waals surface area contributed by atoms with Crippen LogP contribution in [-0.4, -0.2) is 43.5 Å². The fraction of sp³-hybridized carbons (Fsp3) is 0.409. The number of hydrogen-bond donors (Lipinski definition) is 5. The number of amides is 1. The lowest BCUT2D eigenvalue weighted by Crippen LogP contribution is -2.58. The van der Waals surface area contributed by atoms with Crippen molar-refractivity contribution in [1.29, 1.82) is 0 Å². The van der Waals surface area contributed by atoms with Gasteiger partial charge in [-0.25, -0.2) is 0 Å². The average molecular weight is 413 g/mol. The Labute approximate surface area is 172 Å². The summed E-state index contributed by atoms with van der Waals surface area (Å²) in [5, 5.41) is 43.0. The van der Waals surface area contributed by atoms with Crippen LogP contribution in [0, 0.1) is 11.8 Å². The first-order chi connectivity index (χ1) is 14.0. The third-order valence-corrected chi connectivity index (χ3v) is 6.61. The van der Waals surface area contributed by atoms with Crippen LogP contribution < -0.4 is 5.73 Å². The highest BCUT2D eigenvalue weighted by molar-refractivity contribution is 6.22. The van der Waals surface area contributed by atoms with Crippen LogP contribution in [0.15, 0.2) is 29.0 Å². The van der Waals surface area contributed by atoms with Gasteiger partial charge in [-0.05, 0) is 41.9 Å². The van der Waals surface area contributed by atoms with Crippen molar-refractivity contribution in [2.24, 2.45) is 17.6 Å². The predicted molar refractivity (Wildman–Crippen MR) is 105 cm³/mol. The second-order valence-electron chi connectivity index (χ2n) is 8.59. The number of aromatic hydroxyl groups is 1. The highest BCUT2D eigenvalue weighted by atomic mass is 16.3. The van der Waals surface area contributed by atoms with Crippen LogP contribution in [0.2, 0.25) is 0 Å². The van der Waals surface area contributed by atoms with Crippen molar-refractivity contribution in [3.05, 3.63) is 45.7 Å². The van der Waals surface area contributed by atoms with Crippen molar-refractivity contribution in [3.63, 3.8) is 0 Å². The van der Waals surface area contributed by atoms with Gasteiger partial charge in [0, 0.05) is 17.9 Å². The van der Waals surface area contributed by atoms with E-state index < -0.39 is 52.0 Å². The second kappa shape index (κ2) is 6.43. The molecule has 1 aromatic rings. The second-order valence-corrected chi connectivity index (χ2v) is 8.59. The molecule has 1 aromatic carbocycles. The molecule has 0 spiro atoms. The fourth-order valence-corrected chi connectivity index (χ4v) is 5.19. The Morgan fingerprint density at radius 1 is 1.17 bits per heavy atom. The Kier molecular flexibility index (Phi) is 4.32. The van der Waals surface area contributed by atoms with Gasteiger partial charge in [-0.2, -0.15) is 0 Å². The standard InChI is InChI=1S/C22H23NO7/c1-8(2)11-3-4-13(24)16-12(11)6-9-5-10-7-14(25)17(21(23)29)20(28)22(10,30)19(27)15(9)18(16)26/h3-4,8-10,24,26,28,30H,5-7H2,1-2H3,(H2,23,29). The van der Waals surface area contributed by atoms with Crippen molar-refractivity contribution >= 4 is 23.2 Å². The normalized spacial score (nSPS) is 28.4. The van der Waals surface area contributed by atoms with Gasteiger partial charge in [0.05, 0.1) is 5.56 Å². The number of carbonyl (C=O) groups excluding carboxylic acids is 3. The monoisotopic (exact) mass is 413 g/mol. The first-order valence-electron chi connectivity index (χ1n) is 9.82. The number of hydrogen-bond acceptors (Lipinski definition) is 7. The lowest BCUT2D eigenvalue weighted by atomic mass is 9.59. The molecule has 158 valence electrons. The molecule has 3 aliphatic rings. The minimum Gasteiger partial charge on any atom is -0.508 e. The molecule has 0 aromatic heterocycles. The van der Waals surface area contributed by atoms with Crippen molar-refractivity contribution in [3.8, 4) is 5.75 Å². The molecular formula is C22H23NO7. The number of primary amides is 1. The number of nitrogens with two attached hydrogens (primary N) is 1. The van der Waals surface area contributed by atoms with Gasteiger partial charge in [0.2, 0.25) is 5.78 Å². The van der Waals surface area contributed by atoms with E-state index in [1.165, 1.54) is 6.07 Å². The number of rotatable bonds is 2. The molecule has 0 saturated heterocycles. The topological polar surface area (TPSA) is 158 Å². The number of carbonyl (C=O) groups is 3. The Morgan fingerprint density at radius 3 is 2.43 bits per heavy atom. The number of Topliss-reactive ketones (excluding diaryl/α,β-unsaturated/α-hetero) is 2. The van der Waals surface area contributed by atoms with Gasteiger partial charge < -0.3 is 26.2 Å². The maximum atomic E-state index is 13.3. The third kappa shape index (κ3) is 2.46. The lowest BCUT2D eigenvalue weighted by molar-refractivity contribution is -0.147. The molecule has 0 aliphatic heterocycles. The van der Waals surface area contributed by atoms with E-state index in [1.54, 1.807) is 6.07 Å². The molecule has 6 N–H and O–H groups in total. The zero-order valence-electron chi connectivity index (χ0n) is 16.6. The van der Waals surface area contributed by atoms with Crippen molar-refractivity contribution < 1.29 is 34.8 Å². The predicted octanol–water partition coefficient (Wildman–Crippen LogP) is 1.55. The lowest BCUT2D eigenvalue weighted by Gasteiger charge is -2.46. The maximum absolute atomic E-state index is 13.3. The van der Waals surface area contributed by atoms with E-state index >= 15 is 0 Å². The Morgan fingerprint density at radius 2 is 1.83 bits per heavy atom. The fourth-order valence-electron chi connectivity index (χ4n) is 5.19. The molecule has 8 nitrogen and oxygen atoms in total. The molecule has 3 unspecified atom stereocenters. The zero-order valence-corrected chi connectivity index (χ0v) is 16.6. The van der Waals surface area contributed by atoms with E-state index in [1.807, 2.05) is 13.8 Å². The van der Waals surface area contributed by atoms with Crippen LogP contribution in [0.25, 0.3) is 5.76 Å². The van der Waals surface area contributed by atoms with E-state index in [4.69, 9.17) is 5.73 Å². The van der Waals surface area contributed by atoms with Gasteiger partial charge in [-0.15, -0.1) is 0 Å². The number of benzene rings is 1. The Bertz CT molecular complexity index is 1080. The third-order valence-electron chi connectivity index (χ3n) is 6.61. The maximum Gasteiger partial charge on any atom is 0.255 e. The minimum atomic E-state index is -2.53. The molecule has 0 radical (unpaired) electrons. The summed E-state index contributed by atoms with van der Waals surface area (Å²) in [5.41, 5.74) is 3.49. The van der Waals surface area contributed by atoms with E-state index in [2.05, 4.69) is 0 Å². The molecule has 0 bridgehead atoms. The van der Waals surface area contributed by atoms with Crippen molar-refractivity contribution in [2.45, 2.75) is 44.6 Å². The number of fused-ring (bicyclic) bond motifs is 3. The molecule has 8 heteroatoms. The molecule has 1 fully saturated rings. The highest BCUT2D eigenvalue weighted by Crippen LogP contribution is 2.52. The zero-order chi connectivity index (χ0) is 22.1. The van der Waals surface area contributed by atoms with Gasteiger partial charge in [0.15, 0.2) is 11.4 Å². The summed E-state index contributed by atoms with van der Waals surface area (Å²) in [4.78, 5) is 37.3. The van der Waals surface area contributed by atoms with Crippen LogP contribution in [0.5, 0.6) is 5.75 Å². The van der Waals surface area contributed by atoms with Crippen LogP contribution in [0.3, 0.4) is 0 Å². The van der Waals surface area contributed by atoms with Gasteiger partial charge in [0.1, 0.15) is 22.8 Å². The summed E-state index contributed by atoms with van der Waals surface area (Å²) in [7, 11) is 0. The van der Waals surface area contributed by atoms with Gasteiger partial charge >= 0.3 is 0 Å². The molecule has 1 saturated carbocycles. The van der Waals surface area contributed by atoms with E-state index in [0.29, 0.717) is 12.0 Å². The largest absolute Gasteiger partial charge is 0.508 e. The molecule has 3 atom stereocenters. The molecule has 0 heterocycles. The van der Waals surface area contributed by atoms with Crippen LogP contribution >= 0.6 is 0 Å². The van der Waals surface area contributed by atoms with Gasteiger partial charge in [-0.1, -0.05) is 19.9 Å². The smallest absolute Gasteiger partial charge is 0.255 e. The van der Waals surface area contributed by atoms with E-state index in [-0.39, 0.29) is 35.6 Å². The summed E-state index contributed by atoms with van der Waals surface area (Å²) in [6.45, 7) is 3.95. The first kappa shape index (κ1) is 20.2. The number of phenolic OH excluding ortho intramolecular Hbond substituents is 1. The van der Waals surface area contributed by atoms with Crippen molar-refractivity contribution in [1.82, 2.24) is 0 Å². The van der Waals surface area contributed by atoms with Crippen LogP contribution in [0.1, 0.15) is 49.3 Å². The van der Waals surface area contributed by atoms with Crippen LogP contribution in [-0.2, 0) is 20.8 Å². The molecular weight excluding hydrogens is 390 g/mol. The quantitative estimate of drug-likeness (QED) is 0.460. The summed E-state index contributed by atoms with van der Waals surface area (Å²) in [6.07, 6.45) is 0.144. The Balaban J connectivity index is 1.95. The summed E-state index contributed by atoms with van der Waals surface area (Å²) >= 11 is 0. The van der Waals surface area contributed by atoms with E-state index in [9.17, 15) is 34.8 Å². The first-order valence-corrected chi connectivity index (χ1v) is 9.82. The Hall–Kier alpha value is -3.13. The highest BCUT2D eigenvalue weighted by Gasteiger charge is 2.60. The number of aliphatic hydroxyl groups excluding tert-OH is 2. The molecule has 3 aliphatic carbocycles. The number of phenols is 1. The summed E-state index contributed by atoms with van der Waals surface area (Å²) in [5.74, 6) is -6.02. The SMILES string of the molecule is CC(C)c1ccc(O)c2c1CC1CC3CC(=O)C(C(N)=O)=C(O)C3(O)C(=O)C1=C2O. The van der Waals surface area contributed by atoms with Gasteiger partial charge in [0.25, 0.3) is 5.91 Å². The van der Waals surface area contributed by atoms with Crippen molar-refractivity contribution in [2.75, 3.05) is 0 Å². The average Bonchev–Trinajstić information content (AvgIpc) is 2.64.